The smallest absolute Gasteiger partial charge is 0.467 e. The maximum absolute atomic E-state index is 13.8. The lowest BCUT2D eigenvalue weighted by molar-refractivity contribution is -0.336. The van der Waals surface area contributed by atoms with Crippen molar-refractivity contribution in [3.8, 4) is 17.2 Å². The average molecular weight is 621 g/mol. The Labute approximate surface area is 220 Å². The number of sulfone groups is 1. The van der Waals surface area contributed by atoms with Crippen LogP contribution in [-0.2, 0) is 9.84 Å². The molecule has 1 unspecified atom stereocenters. The number of ether oxygens (including phenoxy) is 2. The van der Waals surface area contributed by atoms with Crippen molar-refractivity contribution in [3.63, 3.8) is 0 Å². The summed E-state index contributed by atoms with van der Waals surface area (Å²) >= 11 is -0.147. The maximum atomic E-state index is 13.8. The SMILES string of the molecule is CCS(=O)(=O)c1cc(OCCCCCSC(F)(F)F)ccc1-n1cc(OC(F)(F)C(F)(F)C(F)C(F)F)cn1. The van der Waals surface area contributed by atoms with E-state index in [2.05, 4.69) is 9.84 Å². The highest BCUT2D eigenvalue weighted by Gasteiger charge is 2.67. The Hall–Kier alpha value is -2.37. The van der Waals surface area contributed by atoms with E-state index in [1.807, 2.05) is 0 Å². The van der Waals surface area contributed by atoms with Gasteiger partial charge in [0.2, 0.25) is 6.17 Å². The van der Waals surface area contributed by atoms with Crippen LogP contribution >= 0.6 is 11.8 Å². The molecule has 2 rings (SSSR count). The van der Waals surface area contributed by atoms with Gasteiger partial charge in [-0.05, 0) is 31.4 Å². The number of thioether (sulfide) groups is 1. The predicted octanol–water partition coefficient (Wildman–Crippen LogP) is 6.68. The van der Waals surface area contributed by atoms with Crippen LogP contribution in [0.15, 0.2) is 35.5 Å². The van der Waals surface area contributed by atoms with E-state index in [1.165, 1.54) is 13.0 Å². The molecule has 222 valence electrons. The zero-order chi connectivity index (χ0) is 29.6. The molecule has 39 heavy (non-hydrogen) atoms. The fourth-order valence-electron chi connectivity index (χ4n) is 2.96. The summed E-state index contributed by atoms with van der Waals surface area (Å²) in [5.41, 5.74) is -4.56. The molecule has 18 heteroatoms. The number of rotatable bonds is 15. The molecular weight excluding hydrogens is 598 g/mol. The zero-order valence-corrected chi connectivity index (χ0v) is 21.5. The molecular formula is C21H22F10N2O4S2. The summed E-state index contributed by atoms with van der Waals surface area (Å²) in [4.78, 5) is -0.405. The van der Waals surface area contributed by atoms with Crippen molar-refractivity contribution in [1.82, 2.24) is 9.78 Å². The third-order valence-corrected chi connectivity index (χ3v) is 7.55. The Morgan fingerprint density at radius 3 is 2.26 bits per heavy atom. The Morgan fingerprint density at radius 1 is 1.00 bits per heavy atom. The molecule has 0 bridgehead atoms. The van der Waals surface area contributed by atoms with Crippen LogP contribution in [0.3, 0.4) is 0 Å². The molecule has 1 atom stereocenters. The van der Waals surface area contributed by atoms with Gasteiger partial charge in [-0.15, -0.1) is 0 Å². The number of nitrogens with zero attached hydrogens (tertiary/aromatic N) is 2. The van der Waals surface area contributed by atoms with Crippen LogP contribution in [-0.4, -0.2) is 66.4 Å². The minimum absolute atomic E-state index is 0.0406. The minimum atomic E-state index is -5.91. The van der Waals surface area contributed by atoms with E-state index in [4.69, 9.17) is 4.74 Å². The van der Waals surface area contributed by atoms with E-state index >= 15 is 0 Å². The number of hydrogen-bond acceptors (Lipinski definition) is 6. The minimum Gasteiger partial charge on any atom is -0.494 e. The molecule has 0 aliphatic rings. The first-order chi connectivity index (χ1) is 17.9. The van der Waals surface area contributed by atoms with Crippen LogP contribution in [0.2, 0.25) is 0 Å². The molecule has 0 saturated carbocycles. The second kappa shape index (κ2) is 12.9. The molecule has 0 N–H and O–H groups in total. The van der Waals surface area contributed by atoms with Crippen LogP contribution in [0.5, 0.6) is 11.5 Å². The van der Waals surface area contributed by atoms with Crippen molar-refractivity contribution in [3.05, 3.63) is 30.6 Å². The number of aromatic nitrogens is 2. The van der Waals surface area contributed by atoms with Crippen molar-refractivity contribution in [2.24, 2.45) is 0 Å². The standard InChI is InChI=1S/C21H22F10N2O4S2/c1-2-39(34,35)16-10-13(36-8-4-3-5-9-38-21(29,30)31)6-7-15(16)33-12-14(11-32-33)37-20(27,28)19(25,26)17(22)18(23)24/h6-7,10-12,17-18H,2-5,8-9H2,1H3. The highest BCUT2D eigenvalue weighted by atomic mass is 32.2. The van der Waals surface area contributed by atoms with Crippen molar-refractivity contribution < 1.29 is 61.8 Å². The van der Waals surface area contributed by atoms with E-state index in [0.717, 1.165) is 12.1 Å². The predicted molar refractivity (Wildman–Crippen MR) is 121 cm³/mol. The number of benzene rings is 1. The van der Waals surface area contributed by atoms with Gasteiger partial charge in [0, 0.05) is 11.8 Å². The van der Waals surface area contributed by atoms with Gasteiger partial charge in [-0.1, -0.05) is 18.7 Å². The van der Waals surface area contributed by atoms with Gasteiger partial charge in [0.1, 0.15) is 5.75 Å². The van der Waals surface area contributed by atoms with Gasteiger partial charge >= 0.3 is 17.5 Å². The summed E-state index contributed by atoms with van der Waals surface area (Å²) in [5.74, 6) is -7.52. The van der Waals surface area contributed by atoms with Crippen molar-refractivity contribution >= 4 is 21.6 Å². The molecule has 0 fully saturated rings. The molecule has 0 radical (unpaired) electrons. The lowest BCUT2D eigenvalue weighted by atomic mass is 10.2. The van der Waals surface area contributed by atoms with E-state index in [0.29, 0.717) is 29.9 Å². The number of hydrogen-bond donors (Lipinski definition) is 0. The first-order valence-electron chi connectivity index (χ1n) is 11.0. The Kier molecular flexibility index (Phi) is 10.8. The fraction of sp³-hybridized carbons (Fsp3) is 0.571. The summed E-state index contributed by atoms with van der Waals surface area (Å²) in [6.07, 6.45) is -12.6. The third kappa shape index (κ3) is 8.81. The first kappa shape index (κ1) is 32.8. The van der Waals surface area contributed by atoms with Gasteiger partial charge in [-0.3, -0.25) is 0 Å². The average Bonchev–Trinajstić information content (AvgIpc) is 3.29. The quantitative estimate of drug-likeness (QED) is 0.164. The van der Waals surface area contributed by atoms with E-state index < -0.39 is 56.4 Å². The molecule has 1 heterocycles. The molecule has 2 aromatic rings. The summed E-state index contributed by atoms with van der Waals surface area (Å²) < 4.78 is 164. The van der Waals surface area contributed by atoms with E-state index in [1.54, 1.807) is 0 Å². The summed E-state index contributed by atoms with van der Waals surface area (Å²) in [6, 6.07) is 3.50. The molecule has 1 aromatic carbocycles. The largest absolute Gasteiger partial charge is 0.494 e. The van der Waals surface area contributed by atoms with Crippen LogP contribution in [0.25, 0.3) is 5.69 Å². The third-order valence-electron chi connectivity index (χ3n) is 4.98. The highest BCUT2D eigenvalue weighted by molar-refractivity contribution is 8.00. The van der Waals surface area contributed by atoms with Crippen molar-refractivity contribution in [2.45, 2.75) is 61.2 Å². The molecule has 0 amide bonds. The molecule has 0 aliphatic heterocycles. The van der Waals surface area contributed by atoms with Gasteiger partial charge in [-0.2, -0.15) is 35.8 Å². The molecule has 0 saturated heterocycles. The van der Waals surface area contributed by atoms with E-state index in [-0.39, 0.29) is 42.0 Å². The van der Waals surface area contributed by atoms with Crippen molar-refractivity contribution in [1.29, 1.82) is 0 Å². The maximum Gasteiger partial charge on any atom is 0.467 e. The van der Waals surface area contributed by atoms with Gasteiger partial charge in [0.05, 0.1) is 35.3 Å². The summed E-state index contributed by atoms with van der Waals surface area (Å²) in [5, 5.41) is 3.58. The number of alkyl halides is 10. The second-order valence-electron chi connectivity index (χ2n) is 7.83. The number of unbranched alkanes of at least 4 members (excludes halogenated alkanes) is 2. The van der Waals surface area contributed by atoms with Crippen molar-refractivity contribution in [2.75, 3.05) is 18.1 Å². The fourth-order valence-corrected chi connectivity index (χ4v) is 4.63. The Balaban J connectivity index is 2.18. The topological polar surface area (TPSA) is 70.4 Å². The second-order valence-corrected chi connectivity index (χ2v) is 11.2. The molecule has 1 aromatic heterocycles. The van der Waals surface area contributed by atoms with Gasteiger partial charge < -0.3 is 9.47 Å². The van der Waals surface area contributed by atoms with Gasteiger partial charge in [-0.25, -0.2) is 26.3 Å². The molecule has 6 nitrogen and oxygen atoms in total. The Morgan fingerprint density at radius 2 is 1.67 bits per heavy atom. The highest BCUT2D eigenvalue weighted by Crippen LogP contribution is 2.42. The zero-order valence-electron chi connectivity index (χ0n) is 19.9. The van der Waals surface area contributed by atoms with Crippen LogP contribution in [0.4, 0.5) is 43.9 Å². The first-order valence-corrected chi connectivity index (χ1v) is 13.7. The van der Waals surface area contributed by atoms with Crippen LogP contribution in [0.1, 0.15) is 26.2 Å². The Bertz CT molecular complexity index is 1190. The van der Waals surface area contributed by atoms with E-state index in [9.17, 15) is 52.3 Å². The van der Waals surface area contributed by atoms with Crippen LogP contribution < -0.4 is 9.47 Å². The monoisotopic (exact) mass is 620 g/mol. The van der Waals surface area contributed by atoms with Gasteiger partial charge in [0.15, 0.2) is 15.6 Å². The number of halogens is 10. The summed E-state index contributed by atoms with van der Waals surface area (Å²) in [6.45, 7) is 1.33. The lowest BCUT2D eigenvalue weighted by Gasteiger charge is -2.27. The summed E-state index contributed by atoms with van der Waals surface area (Å²) in [7, 11) is -4.02. The van der Waals surface area contributed by atoms with Gasteiger partial charge in [0.25, 0.3) is 6.43 Å². The normalized spacial score (nSPS) is 14.1. The molecule has 0 aliphatic carbocycles. The van der Waals surface area contributed by atoms with Crippen LogP contribution in [0, 0.1) is 0 Å². The lowest BCUT2D eigenvalue weighted by Crippen LogP contribution is -2.53. The molecule has 0 spiro atoms.